The van der Waals surface area contributed by atoms with Gasteiger partial charge in [0.2, 0.25) is 0 Å². The van der Waals surface area contributed by atoms with Gasteiger partial charge in [-0.15, -0.1) is 0 Å². The maximum absolute atomic E-state index is 13.2. The molecule has 27 heavy (non-hydrogen) atoms. The Morgan fingerprint density at radius 2 is 1.70 bits per heavy atom. The molecular formula is C21H16Cl2N2O2. The van der Waals surface area contributed by atoms with Crippen LogP contribution in [-0.4, -0.2) is 16.8 Å². The first-order valence-corrected chi connectivity index (χ1v) is 9.22. The number of amides is 3. The molecule has 1 atom stereocenters. The van der Waals surface area contributed by atoms with Gasteiger partial charge in [-0.05, 0) is 41.0 Å². The highest BCUT2D eigenvalue weighted by atomic mass is 35.5. The quantitative estimate of drug-likeness (QED) is 0.622. The standard InChI is InChI=1S/C21H16Cl2N2O2/c1-21(16-8-4-6-14-5-2-3-7-15(14)16)19(26)25(20(27)24-21)12-13-9-10-17(22)18(23)11-13/h2-11H,12H2,1H3,(H,24,27)/t21-/m1/s1. The summed E-state index contributed by atoms with van der Waals surface area (Å²) in [7, 11) is 0. The Bertz CT molecular complexity index is 1080. The summed E-state index contributed by atoms with van der Waals surface area (Å²) in [6, 6.07) is 18.2. The van der Waals surface area contributed by atoms with Crippen molar-refractivity contribution in [1.82, 2.24) is 10.2 Å². The van der Waals surface area contributed by atoms with Crippen molar-refractivity contribution in [3.63, 3.8) is 0 Å². The minimum absolute atomic E-state index is 0.127. The van der Waals surface area contributed by atoms with Crippen LogP contribution in [0.5, 0.6) is 0 Å². The van der Waals surface area contributed by atoms with Crippen molar-refractivity contribution in [3.8, 4) is 0 Å². The lowest BCUT2D eigenvalue weighted by Gasteiger charge is -2.24. The second kappa shape index (κ2) is 6.55. The summed E-state index contributed by atoms with van der Waals surface area (Å²) in [4.78, 5) is 27.0. The minimum Gasteiger partial charge on any atom is -0.319 e. The highest BCUT2D eigenvalue weighted by molar-refractivity contribution is 6.42. The predicted octanol–water partition coefficient (Wildman–Crippen LogP) is 5.11. The van der Waals surface area contributed by atoms with Gasteiger partial charge in [-0.25, -0.2) is 4.79 Å². The van der Waals surface area contributed by atoms with Crippen LogP contribution in [0.15, 0.2) is 60.7 Å². The van der Waals surface area contributed by atoms with Crippen molar-refractivity contribution < 1.29 is 9.59 Å². The maximum Gasteiger partial charge on any atom is 0.325 e. The molecule has 3 aromatic carbocycles. The SMILES string of the molecule is C[C@]1(c2cccc3ccccc23)NC(=O)N(Cc2ccc(Cl)c(Cl)c2)C1=O. The summed E-state index contributed by atoms with van der Waals surface area (Å²) in [5.74, 6) is -0.296. The number of hydrogen-bond acceptors (Lipinski definition) is 2. The molecule has 0 bridgehead atoms. The predicted molar refractivity (Wildman–Crippen MR) is 107 cm³/mol. The van der Waals surface area contributed by atoms with E-state index in [9.17, 15) is 9.59 Å². The highest BCUT2D eigenvalue weighted by Crippen LogP contribution is 2.34. The largest absolute Gasteiger partial charge is 0.325 e. The summed E-state index contributed by atoms with van der Waals surface area (Å²) in [6.07, 6.45) is 0. The molecule has 1 fully saturated rings. The normalized spacial score (nSPS) is 19.6. The lowest BCUT2D eigenvalue weighted by atomic mass is 9.88. The van der Waals surface area contributed by atoms with Gasteiger partial charge in [-0.2, -0.15) is 0 Å². The van der Waals surface area contributed by atoms with E-state index in [0.29, 0.717) is 10.0 Å². The summed E-state index contributed by atoms with van der Waals surface area (Å²) in [5.41, 5.74) is 0.374. The van der Waals surface area contributed by atoms with Crippen molar-refractivity contribution in [1.29, 1.82) is 0 Å². The zero-order chi connectivity index (χ0) is 19.2. The lowest BCUT2D eigenvalue weighted by molar-refractivity contribution is -0.131. The molecule has 0 spiro atoms. The molecule has 4 rings (SSSR count). The molecule has 1 heterocycles. The number of fused-ring (bicyclic) bond motifs is 1. The van der Waals surface area contributed by atoms with E-state index in [1.807, 2.05) is 42.5 Å². The van der Waals surface area contributed by atoms with E-state index in [-0.39, 0.29) is 12.5 Å². The van der Waals surface area contributed by atoms with E-state index in [1.54, 1.807) is 25.1 Å². The van der Waals surface area contributed by atoms with Gasteiger partial charge in [-0.3, -0.25) is 9.69 Å². The fourth-order valence-electron chi connectivity index (χ4n) is 3.51. The van der Waals surface area contributed by atoms with Crippen LogP contribution in [0.3, 0.4) is 0 Å². The Balaban J connectivity index is 1.72. The van der Waals surface area contributed by atoms with Crippen molar-refractivity contribution >= 4 is 45.9 Å². The second-order valence-electron chi connectivity index (χ2n) is 6.72. The average molecular weight is 399 g/mol. The molecular weight excluding hydrogens is 383 g/mol. The third-order valence-corrected chi connectivity index (χ3v) is 5.67. The van der Waals surface area contributed by atoms with Crippen LogP contribution in [-0.2, 0) is 16.9 Å². The molecule has 6 heteroatoms. The van der Waals surface area contributed by atoms with Crippen molar-refractivity contribution in [2.24, 2.45) is 0 Å². The molecule has 1 saturated heterocycles. The van der Waals surface area contributed by atoms with Crippen LogP contribution >= 0.6 is 23.2 Å². The lowest BCUT2D eigenvalue weighted by Crippen LogP contribution is -2.41. The number of benzene rings is 3. The highest BCUT2D eigenvalue weighted by Gasteiger charge is 2.49. The Labute approximate surface area is 166 Å². The molecule has 0 unspecified atom stereocenters. The van der Waals surface area contributed by atoms with Crippen LogP contribution in [0.2, 0.25) is 10.0 Å². The van der Waals surface area contributed by atoms with E-state index < -0.39 is 11.6 Å². The Morgan fingerprint density at radius 1 is 0.963 bits per heavy atom. The third-order valence-electron chi connectivity index (χ3n) is 4.93. The van der Waals surface area contributed by atoms with Gasteiger partial charge >= 0.3 is 6.03 Å². The van der Waals surface area contributed by atoms with Crippen LogP contribution in [0.25, 0.3) is 10.8 Å². The second-order valence-corrected chi connectivity index (χ2v) is 7.54. The smallest absolute Gasteiger partial charge is 0.319 e. The molecule has 3 amide bonds. The number of rotatable bonds is 3. The number of halogens is 2. The first-order chi connectivity index (χ1) is 12.9. The monoisotopic (exact) mass is 398 g/mol. The summed E-state index contributed by atoms with van der Waals surface area (Å²) >= 11 is 12.0. The van der Waals surface area contributed by atoms with E-state index in [2.05, 4.69) is 5.32 Å². The number of carbonyl (C=O) groups excluding carboxylic acids is 2. The number of nitrogens with one attached hydrogen (secondary N) is 1. The first kappa shape index (κ1) is 17.8. The minimum atomic E-state index is -1.13. The van der Waals surface area contributed by atoms with Crippen LogP contribution < -0.4 is 5.32 Å². The molecule has 1 aliphatic heterocycles. The molecule has 0 aliphatic carbocycles. The number of hydrogen-bond donors (Lipinski definition) is 1. The van der Waals surface area contributed by atoms with Crippen molar-refractivity contribution in [2.75, 3.05) is 0 Å². The van der Waals surface area contributed by atoms with E-state index in [4.69, 9.17) is 23.2 Å². The van der Waals surface area contributed by atoms with E-state index in [1.165, 1.54) is 4.90 Å². The molecule has 0 aromatic heterocycles. The van der Waals surface area contributed by atoms with Crippen LogP contribution in [0.1, 0.15) is 18.1 Å². The molecule has 0 saturated carbocycles. The van der Waals surface area contributed by atoms with Gasteiger partial charge in [0, 0.05) is 0 Å². The first-order valence-electron chi connectivity index (χ1n) is 8.46. The zero-order valence-electron chi connectivity index (χ0n) is 14.5. The zero-order valence-corrected chi connectivity index (χ0v) is 16.0. The Kier molecular flexibility index (Phi) is 4.33. The number of nitrogens with zero attached hydrogens (tertiary/aromatic N) is 1. The van der Waals surface area contributed by atoms with E-state index >= 15 is 0 Å². The third kappa shape index (κ3) is 2.95. The average Bonchev–Trinajstić information content (AvgIpc) is 2.88. The van der Waals surface area contributed by atoms with Gasteiger partial charge < -0.3 is 5.32 Å². The van der Waals surface area contributed by atoms with Gasteiger partial charge in [0.15, 0.2) is 0 Å². The van der Waals surface area contributed by atoms with Crippen molar-refractivity contribution in [2.45, 2.75) is 19.0 Å². The van der Waals surface area contributed by atoms with E-state index in [0.717, 1.165) is 21.9 Å². The molecule has 1 aliphatic rings. The molecule has 4 nitrogen and oxygen atoms in total. The van der Waals surface area contributed by atoms with Crippen molar-refractivity contribution in [3.05, 3.63) is 81.8 Å². The maximum atomic E-state index is 13.2. The summed E-state index contributed by atoms with van der Waals surface area (Å²) in [6.45, 7) is 1.87. The molecule has 3 aromatic rings. The van der Waals surface area contributed by atoms with Gasteiger partial charge in [-0.1, -0.05) is 71.7 Å². The Hall–Kier alpha value is -2.56. The number of carbonyl (C=O) groups is 2. The molecule has 0 radical (unpaired) electrons. The van der Waals surface area contributed by atoms with Gasteiger partial charge in [0.25, 0.3) is 5.91 Å². The number of urea groups is 1. The molecule has 136 valence electrons. The number of imide groups is 1. The topological polar surface area (TPSA) is 49.4 Å². The van der Waals surface area contributed by atoms with Gasteiger partial charge in [0.1, 0.15) is 5.54 Å². The molecule has 1 N–H and O–H groups in total. The summed E-state index contributed by atoms with van der Waals surface area (Å²) < 4.78 is 0. The van der Waals surface area contributed by atoms with Crippen LogP contribution in [0.4, 0.5) is 4.79 Å². The summed E-state index contributed by atoms with van der Waals surface area (Å²) in [5, 5.41) is 5.63. The van der Waals surface area contributed by atoms with Crippen LogP contribution in [0, 0.1) is 0 Å². The fourth-order valence-corrected chi connectivity index (χ4v) is 3.83. The Morgan fingerprint density at radius 3 is 2.48 bits per heavy atom. The van der Waals surface area contributed by atoms with Gasteiger partial charge in [0.05, 0.1) is 16.6 Å². The fraction of sp³-hybridized carbons (Fsp3) is 0.143.